The average Bonchev–Trinajstić information content (AvgIpc) is 3.26. The zero-order valence-corrected chi connectivity index (χ0v) is 21.0. The van der Waals surface area contributed by atoms with Crippen molar-refractivity contribution in [3.05, 3.63) is 98.3 Å². The Bertz CT molecular complexity index is 1710. The maximum Gasteiger partial charge on any atom is 0.278 e. The minimum absolute atomic E-state index is 0.149. The molecule has 4 aromatic rings. The van der Waals surface area contributed by atoms with Crippen LogP contribution >= 0.6 is 11.3 Å². The lowest BCUT2D eigenvalue weighted by atomic mass is 9.91. The number of pyridine rings is 1. The van der Waals surface area contributed by atoms with Crippen LogP contribution in [0.5, 0.6) is 5.75 Å². The van der Waals surface area contributed by atoms with Crippen molar-refractivity contribution in [2.45, 2.75) is 19.1 Å². The number of amides is 1. The first-order valence-corrected chi connectivity index (χ1v) is 13.0. The second-order valence-corrected chi connectivity index (χ2v) is 10.8. The largest absolute Gasteiger partial charge is 0.502 e. The Kier molecular flexibility index (Phi) is 5.01. The fourth-order valence-electron chi connectivity index (χ4n) is 5.89. The van der Waals surface area contributed by atoms with Gasteiger partial charge in [-0.1, -0.05) is 30.3 Å². The van der Waals surface area contributed by atoms with Gasteiger partial charge in [-0.25, -0.2) is 8.78 Å². The van der Waals surface area contributed by atoms with E-state index in [4.69, 9.17) is 4.74 Å². The maximum absolute atomic E-state index is 15.8. The number of morpholine rings is 1. The molecular weight excluding hydrogens is 512 g/mol. The van der Waals surface area contributed by atoms with E-state index in [1.807, 2.05) is 42.3 Å². The van der Waals surface area contributed by atoms with Gasteiger partial charge >= 0.3 is 0 Å². The lowest BCUT2D eigenvalue weighted by Crippen LogP contribution is -2.66. The van der Waals surface area contributed by atoms with Crippen LogP contribution in [0.15, 0.2) is 59.5 Å². The third kappa shape index (κ3) is 3.07. The topological polar surface area (TPSA) is 75.0 Å². The smallest absolute Gasteiger partial charge is 0.278 e. The van der Waals surface area contributed by atoms with Crippen LogP contribution in [-0.2, 0) is 4.74 Å². The van der Waals surface area contributed by atoms with Crippen molar-refractivity contribution >= 4 is 17.2 Å². The Morgan fingerprint density at radius 2 is 1.87 bits per heavy atom. The number of carbonyl (C=O) groups excluding carboxylic acids is 1. The van der Waals surface area contributed by atoms with Gasteiger partial charge in [-0.15, -0.1) is 11.3 Å². The number of aryl methyl sites for hydroxylation is 1. The Hall–Kier alpha value is -4.02. The van der Waals surface area contributed by atoms with Crippen LogP contribution in [0.1, 0.15) is 32.5 Å². The van der Waals surface area contributed by atoms with E-state index in [0.29, 0.717) is 17.7 Å². The summed E-state index contributed by atoms with van der Waals surface area (Å²) in [6.07, 6.45) is 0.802. The Morgan fingerprint density at radius 3 is 2.71 bits per heavy atom. The minimum Gasteiger partial charge on any atom is -0.502 e. The third-order valence-corrected chi connectivity index (χ3v) is 8.57. The highest BCUT2D eigenvalue weighted by Crippen LogP contribution is 2.51. The summed E-state index contributed by atoms with van der Waals surface area (Å²) in [5, 5.41) is 12.6. The van der Waals surface area contributed by atoms with Gasteiger partial charge in [-0.05, 0) is 35.7 Å². The van der Waals surface area contributed by atoms with Gasteiger partial charge < -0.3 is 14.7 Å². The number of hydrogen-bond acceptors (Lipinski definition) is 6. The molecule has 0 unspecified atom stereocenters. The molecule has 0 bridgehead atoms. The van der Waals surface area contributed by atoms with Crippen molar-refractivity contribution in [1.29, 1.82) is 0 Å². The van der Waals surface area contributed by atoms with Gasteiger partial charge in [0.05, 0.1) is 19.3 Å². The van der Waals surface area contributed by atoms with E-state index in [0.717, 1.165) is 26.9 Å². The molecule has 3 aliphatic rings. The molecule has 2 aromatic heterocycles. The summed E-state index contributed by atoms with van der Waals surface area (Å²) < 4.78 is 37.8. The van der Waals surface area contributed by atoms with Gasteiger partial charge in [0.25, 0.3) is 5.91 Å². The highest BCUT2D eigenvalue weighted by molar-refractivity contribution is 7.16. The molecule has 1 amide bonds. The van der Waals surface area contributed by atoms with Gasteiger partial charge in [0.2, 0.25) is 5.43 Å². The Balaban J connectivity index is 1.60. The molecule has 2 atom stereocenters. The maximum atomic E-state index is 15.8. The summed E-state index contributed by atoms with van der Waals surface area (Å²) in [6.45, 7) is 2.62. The number of thiophene rings is 1. The number of hydrogen-bond donors (Lipinski definition) is 1. The normalized spacial score (nSPS) is 19.7. The first-order valence-electron chi connectivity index (χ1n) is 12.2. The van der Waals surface area contributed by atoms with Crippen LogP contribution in [0.3, 0.4) is 0 Å². The number of halogens is 2. The van der Waals surface area contributed by atoms with E-state index in [1.165, 1.54) is 28.3 Å². The number of nitrogens with zero attached hydrogens (tertiary/aromatic N) is 3. The van der Waals surface area contributed by atoms with E-state index in [2.05, 4.69) is 0 Å². The molecule has 1 saturated heterocycles. The number of rotatable bonds is 1. The van der Waals surface area contributed by atoms with Crippen LogP contribution in [-0.4, -0.2) is 46.5 Å². The third-order valence-electron chi connectivity index (χ3n) is 7.49. The average molecular weight is 534 g/mol. The van der Waals surface area contributed by atoms with Crippen LogP contribution in [0.2, 0.25) is 0 Å². The first kappa shape index (κ1) is 23.1. The fourth-order valence-corrected chi connectivity index (χ4v) is 6.96. The second-order valence-electron chi connectivity index (χ2n) is 9.57. The van der Waals surface area contributed by atoms with Gasteiger partial charge in [0.15, 0.2) is 23.1 Å². The molecule has 2 aliphatic heterocycles. The number of carbonyl (C=O) groups is 1. The summed E-state index contributed by atoms with van der Waals surface area (Å²) in [5.41, 5.74) is 2.06. The Labute approximate surface area is 219 Å². The summed E-state index contributed by atoms with van der Waals surface area (Å²) in [5.74, 6) is -3.06. The number of fused-ring (bicyclic) bond motifs is 7. The van der Waals surface area contributed by atoms with Gasteiger partial charge in [0, 0.05) is 39.7 Å². The molecule has 1 aliphatic carbocycles. The molecule has 2 aromatic carbocycles. The lowest BCUT2D eigenvalue weighted by Gasteiger charge is -2.51. The standard InChI is InChI=1S/C28H21F2N3O4S/c1-14-12-18-22-17(6-7-19(29)23(22)30)24(15-4-2-3-5-16(15)27(18)38-14)33-21-13-37-11-10-31(21)28(36)25-26(35)20(34)8-9-32(25)33/h2-9,12,21,24,35H,10-11,13H2,1H3/t21-,24-/m1/s1. The first-order chi connectivity index (χ1) is 18.4. The van der Waals surface area contributed by atoms with E-state index in [1.54, 1.807) is 11.0 Å². The molecule has 4 heterocycles. The van der Waals surface area contributed by atoms with Gasteiger partial charge in [0.1, 0.15) is 6.17 Å². The summed E-state index contributed by atoms with van der Waals surface area (Å²) in [7, 11) is 0. The molecule has 38 heavy (non-hydrogen) atoms. The molecule has 7 rings (SSSR count). The zero-order chi connectivity index (χ0) is 26.3. The van der Waals surface area contributed by atoms with Crippen LogP contribution in [0, 0.1) is 18.6 Å². The molecule has 192 valence electrons. The van der Waals surface area contributed by atoms with E-state index in [9.17, 15) is 19.1 Å². The number of benzene rings is 2. The van der Waals surface area contributed by atoms with Crippen LogP contribution in [0.4, 0.5) is 8.78 Å². The Morgan fingerprint density at radius 1 is 1.05 bits per heavy atom. The summed E-state index contributed by atoms with van der Waals surface area (Å²) in [6, 6.07) is 12.7. The SMILES string of the molecule is Cc1cc2c(s1)-c1ccccc1[C@@H](N1[C@@H]3COCCN3C(=O)c3c(O)c(=O)ccn31)c1ccc(F)c(F)c1-2. The van der Waals surface area contributed by atoms with Crippen LogP contribution in [0.25, 0.3) is 21.6 Å². The minimum atomic E-state index is -0.957. The van der Waals surface area contributed by atoms with Crippen molar-refractivity contribution in [1.82, 2.24) is 9.58 Å². The zero-order valence-electron chi connectivity index (χ0n) is 20.1. The molecule has 0 radical (unpaired) electrons. The number of aromatic hydroxyl groups is 1. The van der Waals surface area contributed by atoms with Crippen molar-refractivity contribution in [3.63, 3.8) is 0 Å². The summed E-state index contributed by atoms with van der Waals surface area (Å²) >= 11 is 1.50. The van der Waals surface area contributed by atoms with E-state index in [-0.39, 0.29) is 24.4 Å². The molecule has 1 fully saturated rings. The molecule has 0 spiro atoms. The quantitative estimate of drug-likeness (QED) is 0.393. The van der Waals surface area contributed by atoms with Gasteiger partial charge in [-0.2, -0.15) is 0 Å². The molecule has 0 saturated carbocycles. The van der Waals surface area contributed by atoms with Crippen molar-refractivity contribution in [2.75, 3.05) is 24.8 Å². The molecule has 10 heteroatoms. The molecule has 7 nitrogen and oxygen atoms in total. The van der Waals surface area contributed by atoms with Gasteiger partial charge in [-0.3, -0.25) is 19.3 Å². The second kappa shape index (κ2) is 8.24. The van der Waals surface area contributed by atoms with Crippen molar-refractivity contribution < 1.29 is 23.4 Å². The van der Waals surface area contributed by atoms with Crippen molar-refractivity contribution in [2.24, 2.45) is 0 Å². The lowest BCUT2D eigenvalue weighted by molar-refractivity contribution is -0.0196. The van der Waals surface area contributed by atoms with Crippen molar-refractivity contribution in [3.8, 4) is 27.3 Å². The number of aromatic nitrogens is 1. The monoisotopic (exact) mass is 533 g/mol. The predicted octanol–water partition coefficient (Wildman–Crippen LogP) is 4.39. The number of ether oxygens (including phenoxy) is 1. The molecular formula is C28H21F2N3O4S. The van der Waals surface area contributed by atoms with E-state index >= 15 is 4.39 Å². The molecule has 1 N–H and O–H groups in total. The highest BCUT2D eigenvalue weighted by atomic mass is 32.1. The van der Waals surface area contributed by atoms with E-state index < -0.39 is 40.9 Å². The predicted molar refractivity (Wildman–Crippen MR) is 138 cm³/mol. The fraction of sp³-hybridized carbons (Fsp3) is 0.214. The highest BCUT2D eigenvalue weighted by Gasteiger charge is 2.46. The summed E-state index contributed by atoms with van der Waals surface area (Å²) in [4.78, 5) is 29.2. The van der Waals surface area contributed by atoms with Crippen LogP contribution < -0.4 is 10.4 Å².